The van der Waals surface area contributed by atoms with Gasteiger partial charge in [-0.05, 0) is 31.5 Å². The molecule has 156 valence electrons. The van der Waals surface area contributed by atoms with Gasteiger partial charge in [0.05, 0.1) is 6.61 Å². The van der Waals surface area contributed by atoms with Crippen LogP contribution in [0.3, 0.4) is 0 Å². The fourth-order valence-corrected chi connectivity index (χ4v) is 2.89. The van der Waals surface area contributed by atoms with Crippen molar-refractivity contribution < 1.29 is 19.7 Å². The minimum absolute atomic E-state index is 0.0822. The molecule has 2 heterocycles. The third kappa shape index (κ3) is 4.90. The number of pyridine rings is 1. The van der Waals surface area contributed by atoms with Crippen molar-refractivity contribution in [2.45, 2.75) is 26.5 Å². The number of hydrogen-bond acceptors (Lipinski definition) is 7. The highest BCUT2D eigenvalue weighted by molar-refractivity contribution is 5.96. The number of aliphatic hydroxyl groups is 1. The molecule has 0 bridgehead atoms. The van der Waals surface area contributed by atoms with Crippen molar-refractivity contribution in [1.29, 1.82) is 0 Å². The molecule has 3 rings (SSSR count). The maximum atomic E-state index is 13.3. The van der Waals surface area contributed by atoms with Gasteiger partial charge in [0, 0.05) is 18.8 Å². The van der Waals surface area contributed by atoms with Gasteiger partial charge >= 0.3 is 0 Å². The number of aliphatic hydroxyl groups excluding tert-OH is 1. The Bertz CT molecular complexity index is 981. The van der Waals surface area contributed by atoms with Crippen molar-refractivity contribution >= 4 is 5.91 Å². The molecule has 0 aliphatic rings. The number of hydrogen-bond donors (Lipinski definition) is 2. The molecule has 2 aromatic heterocycles. The number of amides is 1. The van der Waals surface area contributed by atoms with Gasteiger partial charge in [-0.2, -0.15) is 4.98 Å². The van der Waals surface area contributed by atoms with Crippen LogP contribution in [0.25, 0.3) is 11.5 Å². The van der Waals surface area contributed by atoms with Crippen LogP contribution in [0.15, 0.2) is 54.7 Å². The van der Waals surface area contributed by atoms with Crippen molar-refractivity contribution in [2.24, 2.45) is 0 Å². The van der Waals surface area contributed by atoms with Crippen LogP contribution in [0.2, 0.25) is 0 Å². The number of benzene rings is 1. The molecule has 0 saturated heterocycles. The first kappa shape index (κ1) is 21.2. The van der Waals surface area contributed by atoms with E-state index in [1.54, 1.807) is 24.4 Å². The molecule has 1 aromatic carbocycles. The van der Waals surface area contributed by atoms with Crippen LogP contribution in [-0.4, -0.2) is 55.2 Å². The van der Waals surface area contributed by atoms with E-state index in [1.807, 2.05) is 44.2 Å². The quantitative estimate of drug-likeness (QED) is 0.590. The summed E-state index contributed by atoms with van der Waals surface area (Å²) in [5, 5.41) is 20.0. The molecule has 0 atom stereocenters. The van der Waals surface area contributed by atoms with Crippen molar-refractivity contribution in [3.05, 3.63) is 66.0 Å². The lowest BCUT2D eigenvalue weighted by atomic mass is 10.2. The van der Waals surface area contributed by atoms with E-state index >= 15 is 0 Å². The maximum Gasteiger partial charge on any atom is 0.276 e. The number of aromatic nitrogens is 3. The summed E-state index contributed by atoms with van der Waals surface area (Å²) in [5.74, 6) is -0.919. The molecule has 0 saturated carbocycles. The first-order valence-corrected chi connectivity index (χ1v) is 9.62. The summed E-state index contributed by atoms with van der Waals surface area (Å²) in [6.45, 7) is 3.72. The normalized spacial score (nSPS) is 10.8. The smallest absolute Gasteiger partial charge is 0.276 e. The standard InChI is InChI=1S/C22H24N4O4/c1-15(2)26(12-13-27)22(29)18-19(30-14-16-8-4-3-5-9-16)21(28)25-20(24-18)17-10-6-7-11-23-17/h3-11,15,27H,12-14H2,1-2H3,(H,24,25,28). The van der Waals surface area contributed by atoms with Crippen molar-refractivity contribution in [3.8, 4) is 23.1 Å². The number of aromatic hydroxyl groups is 1. The Hall–Kier alpha value is -3.52. The van der Waals surface area contributed by atoms with Crippen molar-refractivity contribution in [2.75, 3.05) is 13.2 Å². The highest BCUT2D eigenvalue weighted by Gasteiger charge is 2.28. The molecule has 8 heteroatoms. The number of ether oxygens (including phenoxy) is 1. The molecule has 0 aliphatic carbocycles. The second-order valence-corrected chi connectivity index (χ2v) is 6.85. The largest absolute Gasteiger partial charge is 0.491 e. The number of rotatable bonds is 8. The third-order valence-corrected chi connectivity index (χ3v) is 4.40. The summed E-state index contributed by atoms with van der Waals surface area (Å²) in [6, 6.07) is 14.4. The molecular weight excluding hydrogens is 384 g/mol. The second-order valence-electron chi connectivity index (χ2n) is 6.85. The Morgan fingerprint density at radius 1 is 1.10 bits per heavy atom. The monoisotopic (exact) mass is 408 g/mol. The molecule has 0 fully saturated rings. The average molecular weight is 408 g/mol. The summed E-state index contributed by atoms with van der Waals surface area (Å²) >= 11 is 0. The molecule has 30 heavy (non-hydrogen) atoms. The van der Waals surface area contributed by atoms with Crippen LogP contribution < -0.4 is 4.74 Å². The van der Waals surface area contributed by atoms with Crippen LogP contribution in [0.5, 0.6) is 11.6 Å². The van der Waals surface area contributed by atoms with Gasteiger partial charge in [-0.25, -0.2) is 4.98 Å². The first-order chi connectivity index (χ1) is 14.5. The molecule has 3 aromatic rings. The van der Waals surface area contributed by atoms with Gasteiger partial charge in [0.1, 0.15) is 12.3 Å². The van der Waals surface area contributed by atoms with Crippen LogP contribution in [-0.2, 0) is 6.61 Å². The minimum atomic E-state index is -0.475. The summed E-state index contributed by atoms with van der Waals surface area (Å²) in [6.07, 6.45) is 1.57. The Morgan fingerprint density at radius 2 is 1.83 bits per heavy atom. The SMILES string of the molecule is CC(C)N(CCO)C(=O)c1nc(-c2ccccn2)nc(O)c1OCc1ccccc1. The zero-order chi connectivity index (χ0) is 21.5. The molecule has 1 amide bonds. The minimum Gasteiger partial charge on any atom is -0.491 e. The van der Waals surface area contributed by atoms with E-state index in [-0.39, 0.29) is 43.1 Å². The van der Waals surface area contributed by atoms with Gasteiger partial charge in [0.15, 0.2) is 11.5 Å². The summed E-state index contributed by atoms with van der Waals surface area (Å²) in [7, 11) is 0. The Labute approximate surface area is 174 Å². The highest BCUT2D eigenvalue weighted by atomic mass is 16.5. The third-order valence-electron chi connectivity index (χ3n) is 4.40. The fraction of sp³-hybridized carbons (Fsp3) is 0.273. The van der Waals surface area contributed by atoms with Gasteiger partial charge in [-0.3, -0.25) is 9.78 Å². The topological polar surface area (TPSA) is 109 Å². The van der Waals surface area contributed by atoms with E-state index in [0.29, 0.717) is 5.69 Å². The van der Waals surface area contributed by atoms with Crippen LogP contribution in [0.4, 0.5) is 0 Å². The molecular formula is C22H24N4O4. The van der Waals surface area contributed by atoms with Gasteiger partial charge in [0.2, 0.25) is 5.75 Å². The summed E-state index contributed by atoms with van der Waals surface area (Å²) in [5.41, 5.74) is 1.19. The van der Waals surface area contributed by atoms with Crippen LogP contribution >= 0.6 is 0 Å². The second kappa shape index (κ2) is 9.80. The lowest BCUT2D eigenvalue weighted by Gasteiger charge is -2.26. The van der Waals surface area contributed by atoms with Crippen LogP contribution in [0.1, 0.15) is 29.9 Å². The van der Waals surface area contributed by atoms with E-state index in [0.717, 1.165) is 5.56 Å². The van der Waals surface area contributed by atoms with Gasteiger partial charge in [-0.1, -0.05) is 36.4 Å². The molecule has 0 spiro atoms. The van der Waals surface area contributed by atoms with Crippen molar-refractivity contribution in [3.63, 3.8) is 0 Å². The van der Waals surface area contributed by atoms with E-state index in [2.05, 4.69) is 15.0 Å². The zero-order valence-electron chi connectivity index (χ0n) is 16.9. The van der Waals surface area contributed by atoms with Gasteiger partial charge in [0.25, 0.3) is 11.8 Å². The van der Waals surface area contributed by atoms with E-state index in [9.17, 15) is 15.0 Å². The van der Waals surface area contributed by atoms with Gasteiger partial charge in [-0.15, -0.1) is 0 Å². The zero-order valence-corrected chi connectivity index (χ0v) is 16.9. The van der Waals surface area contributed by atoms with E-state index in [1.165, 1.54) is 4.90 Å². The molecule has 0 radical (unpaired) electrons. The predicted molar refractivity (Wildman–Crippen MR) is 111 cm³/mol. The molecule has 0 aliphatic heterocycles. The average Bonchev–Trinajstić information content (AvgIpc) is 2.77. The van der Waals surface area contributed by atoms with Crippen molar-refractivity contribution in [1.82, 2.24) is 19.9 Å². The highest BCUT2D eigenvalue weighted by Crippen LogP contribution is 2.31. The van der Waals surface area contributed by atoms with Gasteiger partial charge < -0.3 is 19.8 Å². The molecule has 0 unspecified atom stereocenters. The Balaban J connectivity index is 2.04. The number of carbonyl (C=O) groups excluding carboxylic acids is 1. The Kier molecular flexibility index (Phi) is 6.92. The van der Waals surface area contributed by atoms with E-state index < -0.39 is 11.8 Å². The van der Waals surface area contributed by atoms with Crippen LogP contribution in [0, 0.1) is 0 Å². The number of carbonyl (C=O) groups is 1. The fourth-order valence-electron chi connectivity index (χ4n) is 2.89. The van der Waals surface area contributed by atoms with E-state index in [4.69, 9.17) is 4.74 Å². The molecule has 2 N–H and O–H groups in total. The lowest BCUT2D eigenvalue weighted by molar-refractivity contribution is 0.0652. The lowest BCUT2D eigenvalue weighted by Crippen LogP contribution is -2.39. The maximum absolute atomic E-state index is 13.3. The molecule has 8 nitrogen and oxygen atoms in total. The number of nitrogens with zero attached hydrogens (tertiary/aromatic N) is 4. The Morgan fingerprint density at radius 3 is 2.47 bits per heavy atom. The summed E-state index contributed by atoms with van der Waals surface area (Å²) < 4.78 is 5.77. The predicted octanol–water partition coefficient (Wildman–Crippen LogP) is 2.67. The summed E-state index contributed by atoms with van der Waals surface area (Å²) in [4.78, 5) is 27.4. The first-order valence-electron chi connectivity index (χ1n) is 9.62.